The molecule has 104 valence electrons. The lowest BCUT2D eigenvalue weighted by Gasteiger charge is -2.36. The zero-order valence-electron chi connectivity index (χ0n) is 10.6. The summed E-state index contributed by atoms with van der Waals surface area (Å²) in [6.45, 7) is 2.73. The summed E-state index contributed by atoms with van der Waals surface area (Å²) < 4.78 is 13.9. The second kappa shape index (κ2) is 5.86. The fraction of sp³-hybridized carbons (Fsp3) is 0.462. The Kier molecular flexibility index (Phi) is 4.39. The molecule has 0 aliphatic carbocycles. The van der Waals surface area contributed by atoms with Crippen molar-refractivity contribution in [1.29, 1.82) is 0 Å². The molecule has 0 amide bonds. The smallest absolute Gasteiger partial charge is 0.325 e. The van der Waals surface area contributed by atoms with Crippen LogP contribution in [0.15, 0.2) is 18.2 Å². The predicted molar refractivity (Wildman–Crippen MR) is 70.9 cm³/mol. The molecule has 1 aromatic rings. The fourth-order valence-corrected chi connectivity index (χ4v) is 2.47. The maximum Gasteiger partial charge on any atom is 0.325 e. The molecule has 1 fully saturated rings. The molecule has 1 atom stereocenters. The summed E-state index contributed by atoms with van der Waals surface area (Å²) in [4.78, 5) is 15.4. The van der Waals surface area contributed by atoms with Gasteiger partial charge in [0.1, 0.15) is 11.9 Å². The molecule has 1 aliphatic heterocycles. The molecule has 1 unspecified atom stereocenters. The second-order valence-corrected chi connectivity index (χ2v) is 5.18. The number of benzene rings is 1. The van der Waals surface area contributed by atoms with Crippen molar-refractivity contribution < 1.29 is 14.3 Å². The molecular formula is C13H16ClFN2O2. The van der Waals surface area contributed by atoms with Crippen molar-refractivity contribution in [3.63, 3.8) is 0 Å². The Bertz CT molecular complexity index is 476. The molecule has 1 saturated heterocycles. The van der Waals surface area contributed by atoms with Crippen LogP contribution in [0.1, 0.15) is 11.6 Å². The van der Waals surface area contributed by atoms with Crippen molar-refractivity contribution in [1.82, 2.24) is 9.80 Å². The maximum atomic E-state index is 13.9. The van der Waals surface area contributed by atoms with E-state index in [-0.39, 0.29) is 5.56 Å². The maximum absolute atomic E-state index is 13.9. The minimum Gasteiger partial charge on any atom is -0.480 e. The topological polar surface area (TPSA) is 43.8 Å². The van der Waals surface area contributed by atoms with Gasteiger partial charge in [-0.15, -0.1) is 0 Å². The van der Waals surface area contributed by atoms with Crippen LogP contribution >= 0.6 is 11.6 Å². The molecule has 0 aromatic heterocycles. The lowest BCUT2D eigenvalue weighted by atomic mass is 10.0. The molecule has 1 aliphatic rings. The highest BCUT2D eigenvalue weighted by Gasteiger charge is 2.31. The Labute approximate surface area is 116 Å². The number of rotatable bonds is 3. The summed E-state index contributed by atoms with van der Waals surface area (Å²) in [5.41, 5.74) is 0.129. The number of carboxylic acid groups (broad SMARTS) is 1. The van der Waals surface area contributed by atoms with Crippen LogP contribution in [0.3, 0.4) is 0 Å². The van der Waals surface area contributed by atoms with E-state index in [4.69, 9.17) is 11.6 Å². The third kappa shape index (κ3) is 3.23. The van der Waals surface area contributed by atoms with Crippen molar-refractivity contribution in [3.05, 3.63) is 34.6 Å². The van der Waals surface area contributed by atoms with Gasteiger partial charge in [-0.1, -0.05) is 11.6 Å². The summed E-state index contributed by atoms with van der Waals surface area (Å²) >= 11 is 5.84. The van der Waals surface area contributed by atoms with Crippen molar-refractivity contribution in [2.75, 3.05) is 33.2 Å². The van der Waals surface area contributed by atoms with Gasteiger partial charge in [0.25, 0.3) is 0 Å². The first-order valence-electron chi connectivity index (χ1n) is 6.09. The molecule has 0 bridgehead atoms. The van der Waals surface area contributed by atoms with Crippen LogP contribution < -0.4 is 0 Å². The highest BCUT2D eigenvalue weighted by atomic mass is 35.5. The number of nitrogens with zero attached hydrogens (tertiary/aromatic N) is 2. The third-order valence-electron chi connectivity index (χ3n) is 3.39. The van der Waals surface area contributed by atoms with Gasteiger partial charge in [-0.3, -0.25) is 9.69 Å². The highest BCUT2D eigenvalue weighted by Crippen LogP contribution is 2.27. The van der Waals surface area contributed by atoms with Crippen molar-refractivity contribution in [2.45, 2.75) is 6.04 Å². The van der Waals surface area contributed by atoms with E-state index in [2.05, 4.69) is 4.90 Å². The van der Waals surface area contributed by atoms with E-state index in [0.29, 0.717) is 18.1 Å². The Morgan fingerprint density at radius 2 is 2.00 bits per heavy atom. The Hall–Kier alpha value is -1.17. The van der Waals surface area contributed by atoms with Crippen LogP contribution in [0.25, 0.3) is 0 Å². The van der Waals surface area contributed by atoms with Crippen LogP contribution in [-0.4, -0.2) is 54.1 Å². The van der Waals surface area contributed by atoms with Gasteiger partial charge in [-0.2, -0.15) is 0 Å². The number of aliphatic carboxylic acids is 1. The molecule has 4 nitrogen and oxygen atoms in total. The number of hydrogen-bond acceptors (Lipinski definition) is 3. The Balaban J connectivity index is 2.30. The van der Waals surface area contributed by atoms with Crippen LogP contribution in [0.5, 0.6) is 0 Å². The van der Waals surface area contributed by atoms with Gasteiger partial charge >= 0.3 is 5.97 Å². The standard InChI is InChI=1S/C13H16ClFN2O2/c1-16-4-6-17(7-5-16)12(13(18)19)10-8-9(14)2-3-11(10)15/h2-3,8,12H,4-7H2,1H3,(H,18,19). The minimum absolute atomic E-state index is 0.129. The number of carboxylic acids is 1. The fourth-order valence-electron chi connectivity index (χ4n) is 2.29. The van der Waals surface area contributed by atoms with Crippen LogP contribution in [-0.2, 0) is 4.79 Å². The van der Waals surface area contributed by atoms with Gasteiger partial charge in [0.15, 0.2) is 0 Å². The Morgan fingerprint density at radius 1 is 1.37 bits per heavy atom. The van der Waals surface area contributed by atoms with Crippen LogP contribution in [0, 0.1) is 5.82 Å². The first-order chi connectivity index (χ1) is 8.99. The molecular weight excluding hydrogens is 271 g/mol. The van der Waals surface area contributed by atoms with E-state index < -0.39 is 17.8 Å². The molecule has 6 heteroatoms. The summed E-state index contributed by atoms with van der Waals surface area (Å²) in [5.74, 6) is -1.58. The lowest BCUT2D eigenvalue weighted by Crippen LogP contribution is -2.48. The summed E-state index contributed by atoms with van der Waals surface area (Å²) in [5, 5.41) is 9.74. The monoisotopic (exact) mass is 286 g/mol. The molecule has 0 radical (unpaired) electrons. The van der Waals surface area contributed by atoms with Gasteiger partial charge in [0.2, 0.25) is 0 Å². The van der Waals surface area contributed by atoms with E-state index in [1.807, 2.05) is 7.05 Å². The average molecular weight is 287 g/mol. The van der Waals surface area contributed by atoms with Crippen molar-refractivity contribution in [2.24, 2.45) is 0 Å². The third-order valence-corrected chi connectivity index (χ3v) is 3.62. The molecule has 0 spiro atoms. The molecule has 1 heterocycles. The predicted octanol–water partition coefficient (Wildman–Crippen LogP) is 1.85. The van der Waals surface area contributed by atoms with Crippen molar-refractivity contribution in [3.8, 4) is 0 Å². The van der Waals surface area contributed by atoms with E-state index in [1.54, 1.807) is 4.90 Å². The largest absolute Gasteiger partial charge is 0.480 e. The molecule has 19 heavy (non-hydrogen) atoms. The molecule has 2 rings (SSSR count). The highest BCUT2D eigenvalue weighted by molar-refractivity contribution is 6.30. The quantitative estimate of drug-likeness (QED) is 0.921. The number of carbonyl (C=O) groups is 1. The number of halogens is 2. The zero-order valence-corrected chi connectivity index (χ0v) is 11.4. The zero-order chi connectivity index (χ0) is 14.0. The van der Waals surface area contributed by atoms with E-state index in [9.17, 15) is 14.3 Å². The Morgan fingerprint density at radius 3 is 2.58 bits per heavy atom. The van der Waals surface area contributed by atoms with Crippen LogP contribution in [0.2, 0.25) is 5.02 Å². The number of hydrogen-bond donors (Lipinski definition) is 1. The first-order valence-corrected chi connectivity index (χ1v) is 6.47. The van der Waals surface area contributed by atoms with E-state index in [0.717, 1.165) is 13.1 Å². The molecule has 1 N–H and O–H groups in total. The van der Waals surface area contributed by atoms with Gasteiger partial charge in [0.05, 0.1) is 0 Å². The van der Waals surface area contributed by atoms with Crippen LogP contribution in [0.4, 0.5) is 4.39 Å². The van der Waals surface area contributed by atoms with Gasteiger partial charge in [0, 0.05) is 36.8 Å². The van der Waals surface area contributed by atoms with E-state index >= 15 is 0 Å². The normalized spacial score (nSPS) is 19.3. The molecule has 0 saturated carbocycles. The number of piperazine rings is 1. The lowest BCUT2D eigenvalue weighted by molar-refractivity contribution is -0.144. The minimum atomic E-state index is -1.05. The molecule has 1 aromatic carbocycles. The van der Waals surface area contributed by atoms with Crippen molar-refractivity contribution >= 4 is 17.6 Å². The average Bonchev–Trinajstić information content (AvgIpc) is 2.36. The van der Waals surface area contributed by atoms with Gasteiger partial charge in [-0.25, -0.2) is 4.39 Å². The second-order valence-electron chi connectivity index (χ2n) is 4.75. The van der Waals surface area contributed by atoms with Gasteiger partial charge in [-0.05, 0) is 25.2 Å². The summed E-state index contributed by atoms with van der Waals surface area (Å²) in [6, 6.07) is 3.05. The summed E-state index contributed by atoms with van der Waals surface area (Å²) in [6.07, 6.45) is 0. The summed E-state index contributed by atoms with van der Waals surface area (Å²) in [7, 11) is 1.98. The van der Waals surface area contributed by atoms with E-state index in [1.165, 1.54) is 18.2 Å². The van der Waals surface area contributed by atoms with Gasteiger partial charge < -0.3 is 10.0 Å². The first kappa shape index (κ1) is 14.2. The number of likely N-dealkylation sites (N-methyl/N-ethyl adjacent to an activating group) is 1. The SMILES string of the molecule is CN1CCN(C(C(=O)O)c2cc(Cl)ccc2F)CC1.